The topological polar surface area (TPSA) is 52.6 Å². The van der Waals surface area contributed by atoms with Crippen molar-refractivity contribution in [1.82, 2.24) is 0 Å². The molecule has 4 nitrogen and oxygen atoms in total. The van der Waals surface area contributed by atoms with Gasteiger partial charge >= 0.3 is 34.3 Å². The Morgan fingerprint density at radius 3 is 1.27 bits per heavy atom. The van der Waals surface area contributed by atoms with E-state index in [2.05, 4.69) is 8.85 Å². The summed E-state index contributed by atoms with van der Waals surface area (Å²) < 4.78 is 74.6. The second-order valence-electron chi connectivity index (χ2n) is 1.86. The first-order valence-electron chi connectivity index (χ1n) is 2.86. The van der Waals surface area contributed by atoms with Crippen LogP contribution in [0.25, 0.3) is 0 Å². The third-order valence-electron chi connectivity index (χ3n) is 0.732. The Morgan fingerprint density at radius 2 is 1.07 bits per heavy atom. The lowest BCUT2D eigenvalue weighted by molar-refractivity contribution is -0.196. The maximum Gasteiger partial charge on any atom is 0.614 e. The molecule has 0 aromatic heterocycles. The Hall–Kier alpha value is -1.26. The highest BCUT2D eigenvalue weighted by molar-refractivity contribution is 6.26. The summed E-state index contributed by atoms with van der Waals surface area (Å²) in [5.41, 5.74) is 0. The van der Waals surface area contributed by atoms with Gasteiger partial charge in [0.1, 0.15) is 0 Å². The van der Waals surface area contributed by atoms with Crippen molar-refractivity contribution < 1.29 is 44.8 Å². The molecule has 0 aliphatic heterocycles. The van der Waals surface area contributed by atoms with Gasteiger partial charge in [-0.1, -0.05) is 0 Å². The molecule has 0 fully saturated rings. The van der Waals surface area contributed by atoms with E-state index in [9.17, 15) is 35.9 Å². The molecular formula is C4F6O4Si. The van der Waals surface area contributed by atoms with Crippen LogP contribution in [0.5, 0.6) is 0 Å². The average molecular weight is 254 g/mol. The molecule has 0 aliphatic rings. The van der Waals surface area contributed by atoms with Crippen molar-refractivity contribution in [3.8, 4) is 0 Å². The van der Waals surface area contributed by atoms with E-state index in [0.29, 0.717) is 0 Å². The number of carbonyl (C=O) groups is 2. The molecule has 2 radical (unpaired) electrons. The number of carbonyl (C=O) groups excluding carboxylic acids is 2. The van der Waals surface area contributed by atoms with E-state index >= 15 is 0 Å². The van der Waals surface area contributed by atoms with Gasteiger partial charge in [-0.15, -0.1) is 0 Å². The van der Waals surface area contributed by atoms with E-state index in [1.807, 2.05) is 0 Å². The molecule has 0 bridgehead atoms. The second-order valence-corrected chi connectivity index (χ2v) is 2.43. The van der Waals surface area contributed by atoms with Gasteiger partial charge in [-0.25, -0.2) is 9.59 Å². The van der Waals surface area contributed by atoms with Crippen molar-refractivity contribution in [3.05, 3.63) is 0 Å². The first-order valence-corrected chi connectivity index (χ1v) is 3.68. The Bertz CT molecular complexity index is 231. The summed E-state index contributed by atoms with van der Waals surface area (Å²) in [4.78, 5) is 19.8. The molecular weight excluding hydrogens is 254 g/mol. The van der Waals surface area contributed by atoms with Crippen LogP contribution in [0.15, 0.2) is 0 Å². The maximum absolute atomic E-state index is 11.4. The Kier molecular flexibility index (Phi) is 4.12. The summed E-state index contributed by atoms with van der Waals surface area (Å²) in [6.07, 6.45) is -10.7. The molecule has 0 spiro atoms. The first kappa shape index (κ1) is 13.7. The zero-order valence-electron chi connectivity index (χ0n) is 6.40. The van der Waals surface area contributed by atoms with Crippen molar-refractivity contribution in [2.24, 2.45) is 0 Å². The van der Waals surface area contributed by atoms with Crippen LogP contribution in [-0.2, 0) is 18.4 Å². The van der Waals surface area contributed by atoms with Crippen LogP contribution >= 0.6 is 0 Å². The molecule has 0 atom stereocenters. The number of hydrogen-bond donors (Lipinski definition) is 0. The molecule has 0 heterocycles. The first-order chi connectivity index (χ1) is 6.55. The van der Waals surface area contributed by atoms with Gasteiger partial charge in [0.05, 0.1) is 0 Å². The fourth-order valence-electron chi connectivity index (χ4n) is 0.212. The fourth-order valence-corrected chi connectivity index (χ4v) is 0.637. The van der Waals surface area contributed by atoms with Gasteiger partial charge in [0, 0.05) is 0 Å². The fraction of sp³-hybridized carbons (Fsp3) is 0.500. The molecule has 0 saturated carbocycles. The number of alkyl halides is 6. The van der Waals surface area contributed by atoms with Gasteiger partial charge < -0.3 is 8.85 Å². The summed E-state index contributed by atoms with van der Waals surface area (Å²) in [5.74, 6) is -5.48. The van der Waals surface area contributed by atoms with E-state index in [-0.39, 0.29) is 0 Å². The van der Waals surface area contributed by atoms with Crippen LogP contribution < -0.4 is 0 Å². The zero-order chi connectivity index (χ0) is 12.3. The van der Waals surface area contributed by atoms with E-state index in [4.69, 9.17) is 0 Å². The minimum absolute atomic E-state index is 2.00. The molecule has 0 aromatic carbocycles. The van der Waals surface area contributed by atoms with Crippen LogP contribution in [-0.4, -0.2) is 34.3 Å². The lowest BCUT2D eigenvalue weighted by atomic mass is 10.7. The highest BCUT2D eigenvalue weighted by Crippen LogP contribution is 2.17. The molecule has 0 N–H and O–H groups in total. The molecule has 15 heavy (non-hydrogen) atoms. The molecule has 0 rings (SSSR count). The van der Waals surface area contributed by atoms with Gasteiger partial charge in [-0.2, -0.15) is 26.3 Å². The van der Waals surface area contributed by atoms with Gasteiger partial charge in [0.15, 0.2) is 0 Å². The number of rotatable bonds is 2. The Labute approximate surface area is 80.2 Å². The number of hydrogen-bond acceptors (Lipinski definition) is 4. The van der Waals surface area contributed by atoms with Crippen molar-refractivity contribution in [2.45, 2.75) is 12.4 Å². The molecule has 0 aliphatic carbocycles. The summed E-state index contributed by atoms with van der Waals surface area (Å²) in [6.45, 7) is 0. The lowest BCUT2D eigenvalue weighted by Gasteiger charge is -2.07. The predicted molar refractivity (Wildman–Crippen MR) is 30.0 cm³/mol. The van der Waals surface area contributed by atoms with Crippen molar-refractivity contribution in [1.29, 1.82) is 0 Å². The average Bonchev–Trinajstić information content (AvgIpc) is 2.00. The zero-order valence-corrected chi connectivity index (χ0v) is 7.40. The minimum Gasteiger partial charge on any atom is -0.474 e. The highest BCUT2D eigenvalue weighted by Gasteiger charge is 2.44. The quantitative estimate of drug-likeness (QED) is 0.538. The summed E-state index contributed by atoms with van der Waals surface area (Å²) in [5, 5.41) is 0. The van der Waals surface area contributed by atoms with Crippen LogP contribution in [0.3, 0.4) is 0 Å². The van der Waals surface area contributed by atoms with Crippen molar-refractivity contribution in [3.63, 3.8) is 0 Å². The molecule has 0 aromatic rings. The summed E-state index contributed by atoms with van der Waals surface area (Å²) >= 11 is 0. The molecule has 0 saturated heterocycles. The van der Waals surface area contributed by atoms with Crippen LogP contribution in [0, 0.1) is 0 Å². The van der Waals surface area contributed by atoms with Crippen LogP contribution in [0.2, 0.25) is 0 Å². The predicted octanol–water partition coefficient (Wildman–Crippen LogP) is 0.732. The molecule has 0 unspecified atom stereocenters. The SMILES string of the molecule is O=C(O[Si]OC(=O)C(F)(F)F)C(F)(F)F. The summed E-state index contributed by atoms with van der Waals surface area (Å²) in [6, 6.07) is 0. The van der Waals surface area contributed by atoms with Crippen LogP contribution in [0.4, 0.5) is 26.3 Å². The van der Waals surface area contributed by atoms with E-state index in [1.165, 1.54) is 0 Å². The van der Waals surface area contributed by atoms with Crippen molar-refractivity contribution in [2.75, 3.05) is 0 Å². The standard InChI is InChI=1S/C4F6O4Si/c5-3(6,7)1(11)13-15-14-2(12)4(8,9)10. The lowest BCUT2D eigenvalue weighted by Crippen LogP contribution is -2.32. The Morgan fingerprint density at radius 1 is 0.800 bits per heavy atom. The molecule has 0 amide bonds. The molecule has 11 heteroatoms. The smallest absolute Gasteiger partial charge is 0.474 e. The van der Waals surface area contributed by atoms with E-state index < -0.39 is 34.3 Å². The normalized spacial score (nSPS) is 12.1. The largest absolute Gasteiger partial charge is 0.614 e. The highest BCUT2D eigenvalue weighted by atomic mass is 28.3. The van der Waals surface area contributed by atoms with Gasteiger partial charge in [-0.3, -0.25) is 0 Å². The second kappa shape index (κ2) is 4.50. The Balaban J connectivity index is 3.92. The van der Waals surface area contributed by atoms with Gasteiger partial charge in [0.2, 0.25) is 0 Å². The van der Waals surface area contributed by atoms with E-state index in [0.717, 1.165) is 0 Å². The minimum atomic E-state index is -5.35. The van der Waals surface area contributed by atoms with Gasteiger partial charge in [-0.05, 0) is 0 Å². The van der Waals surface area contributed by atoms with E-state index in [1.54, 1.807) is 0 Å². The molecule has 86 valence electrons. The third-order valence-corrected chi connectivity index (χ3v) is 1.27. The summed E-state index contributed by atoms with van der Waals surface area (Å²) in [7, 11) is -2.00. The van der Waals surface area contributed by atoms with Gasteiger partial charge in [0.25, 0.3) is 0 Å². The third kappa shape index (κ3) is 5.24. The van der Waals surface area contributed by atoms with Crippen LogP contribution in [0.1, 0.15) is 0 Å². The monoisotopic (exact) mass is 254 g/mol. The number of halogens is 6. The maximum atomic E-state index is 11.4. The van der Waals surface area contributed by atoms with Crippen molar-refractivity contribution >= 4 is 21.9 Å².